The van der Waals surface area contributed by atoms with Crippen LogP contribution in [0.5, 0.6) is 0 Å². The molecule has 0 atom stereocenters. The van der Waals surface area contributed by atoms with Gasteiger partial charge in [0.1, 0.15) is 0 Å². The van der Waals surface area contributed by atoms with Crippen LogP contribution < -0.4 is 0 Å². The van der Waals surface area contributed by atoms with Crippen LogP contribution in [0.3, 0.4) is 0 Å². The van der Waals surface area contributed by atoms with Crippen molar-refractivity contribution in [3.8, 4) is 0 Å². The number of carbonyl (C=O) groups excluding carboxylic acids is 2. The van der Waals surface area contributed by atoms with Gasteiger partial charge >= 0.3 is 11.9 Å². The molecule has 0 heterocycles. The molecule has 0 aromatic rings. The van der Waals surface area contributed by atoms with Crippen LogP contribution >= 0.6 is 0 Å². The van der Waals surface area contributed by atoms with E-state index in [0.717, 1.165) is 12.8 Å². The van der Waals surface area contributed by atoms with Crippen LogP contribution in [0.15, 0.2) is 0 Å². The Kier molecular flexibility index (Phi) is 3.26. The average Bonchev–Trinajstić information content (AvgIpc) is 2.37. The van der Waals surface area contributed by atoms with Crippen molar-refractivity contribution >= 4 is 11.9 Å². The first kappa shape index (κ1) is 9.23. The van der Waals surface area contributed by atoms with E-state index in [2.05, 4.69) is 4.74 Å². The fourth-order valence-corrected chi connectivity index (χ4v) is 1.65. The van der Waals surface area contributed by atoms with Gasteiger partial charge in [-0.3, -0.25) is 9.59 Å². The first-order chi connectivity index (χ1) is 5.68. The van der Waals surface area contributed by atoms with Crippen LogP contribution in [0.25, 0.3) is 0 Å². The fraction of sp³-hybridized carbons (Fsp3) is 0.778. The molecule has 12 heavy (non-hydrogen) atoms. The molecule has 0 aromatic heterocycles. The standard InChI is InChI=1S/C9H14O3/c1-7(10)12-9(11)6-8-4-2-3-5-8/h8H,2-6H2,1H3. The molecule has 68 valence electrons. The van der Waals surface area contributed by atoms with E-state index in [-0.39, 0.29) is 5.97 Å². The van der Waals surface area contributed by atoms with Crippen LogP contribution in [0.4, 0.5) is 0 Å². The van der Waals surface area contributed by atoms with E-state index in [0.29, 0.717) is 12.3 Å². The van der Waals surface area contributed by atoms with Crippen molar-refractivity contribution in [2.75, 3.05) is 0 Å². The minimum absolute atomic E-state index is 0.366. The van der Waals surface area contributed by atoms with Crippen molar-refractivity contribution in [3.05, 3.63) is 0 Å². The summed E-state index contributed by atoms with van der Waals surface area (Å²) in [6, 6.07) is 0. The number of ether oxygens (including phenoxy) is 1. The van der Waals surface area contributed by atoms with Crippen LogP contribution in [-0.4, -0.2) is 11.9 Å². The maximum Gasteiger partial charge on any atom is 0.313 e. The molecule has 0 spiro atoms. The second-order valence-corrected chi connectivity index (χ2v) is 3.32. The summed E-state index contributed by atoms with van der Waals surface area (Å²) in [5.41, 5.74) is 0. The third kappa shape index (κ3) is 3.03. The zero-order valence-corrected chi connectivity index (χ0v) is 7.34. The Hall–Kier alpha value is -0.860. The monoisotopic (exact) mass is 170 g/mol. The lowest BCUT2D eigenvalue weighted by atomic mass is 10.1. The van der Waals surface area contributed by atoms with Gasteiger partial charge < -0.3 is 4.74 Å². The molecule has 0 N–H and O–H groups in total. The van der Waals surface area contributed by atoms with E-state index in [1.165, 1.54) is 19.8 Å². The summed E-state index contributed by atoms with van der Waals surface area (Å²) in [4.78, 5) is 21.4. The molecule has 0 radical (unpaired) electrons. The Morgan fingerprint density at radius 2 is 1.92 bits per heavy atom. The molecule has 0 unspecified atom stereocenters. The van der Waals surface area contributed by atoms with Gasteiger partial charge in [0, 0.05) is 13.3 Å². The summed E-state index contributed by atoms with van der Waals surface area (Å²) < 4.78 is 4.43. The van der Waals surface area contributed by atoms with Gasteiger partial charge in [0.15, 0.2) is 0 Å². The van der Waals surface area contributed by atoms with Gasteiger partial charge in [0.25, 0.3) is 0 Å². The fourth-order valence-electron chi connectivity index (χ4n) is 1.65. The SMILES string of the molecule is CC(=O)OC(=O)CC1CCCC1. The Labute approximate surface area is 72.1 Å². The van der Waals surface area contributed by atoms with E-state index in [9.17, 15) is 9.59 Å². The van der Waals surface area contributed by atoms with Crippen molar-refractivity contribution in [1.29, 1.82) is 0 Å². The summed E-state index contributed by atoms with van der Waals surface area (Å²) in [7, 11) is 0. The Bertz CT molecular complexity index is 180. The zero-order valence-electron chi connectivity index (χ0n) is 7.34. The van der Waals surface area contributed by atoms with Crippen LogP contribution in [0.2, 0.25) is 0 Å². The topological polar surface area (TPSA) is 43.4 Å². The molecule has 0 bridgehead atoms. The van der Waals surface area contributed by atoms with Gasteiger partial charge in [0.2, 0.25) is 0 Å². The second-order valence-electron chi connectivity index (χ2n) is 3.32. The lowest BCUT2D eigenvalue weighted by Gasteiger charge is -2.05. The first-order valence-electron chi connectivity index (χ1n) is 4.39. The Balaban J connectivity index is 2.20. The smallest absolute Gasteiger partial charge is 0.313 e. The molecule has 1 aliphatic rings. The molecule has 3 heteroatoms. The first-order valence-corrected chi connectivity index (χ1v) is 4.39. The number of esters is 2. The van der Waals surface area contributed by atoms with Gasteiger partial charge in [-0.1, -0.05) is 12.8 Å². The van der Waals surface area contributed by atoms with Crippen molar-refractivity contribution < 1.29 is 14.3 Å². The predicted molar refractivity (Wildman–Crippen MR) is 43.3 cm³/mol. The number of hydrogen-bond acceptors (Lipinski definition) is 3. The number of carbonyl (C=O) groups is 2. The highest BCUT2D eigenvalue weighted by atomic mass is 16.6. The van der Waals surface area contributed by atoms with Crippen LogP contribution in [0, 0.1) is 5.92 Å². The molecule has 0 amide bonds. The van der Waals surface area contributed by atoms with E-state index < -0.39 is 5.97 Å². The highest BCUT2D eigenvalue weighted by Crippen LogP contribution is 2.27. The van der Waals surface area contributed by atoms with Gasteiger partial charge in [-0.05, 0) is 18.8 Å². The maximum atomic E-state index is 11.0. The molecule has 1 saturated carbocycles. The highest BCUT2D eigenvalue weighted by molar-refractivity contribution is 5.84. The maximum absolute atomic E-state index is 11.0. The van der Waals surface area contributed by atoms with Crippen LogP contribution in [-0.2, 0) is 14.3 Å². The third-order valence-corrected chi connectivity index (χ3v) is 2.19. The molecule has 1 rings (SSSR count). The Morgan fingerprint density at radius 3 is 2.42 bits per heavy atom. The highest BCUT2D eigenvalue weighted by Gasteiger charge is 2.19. The van der Waals surface area contributed by atoms with E-state index in [1.54, 1.807) is 0 Å². The van der Waals surface area contributed by atoms with Gasteiger partial charge in [-0.15, -0.1) is 0 Å². The molecular formula is C9H14O3. The Morgan fingerprint density at radius 1 is 1.33 bits per heavy atom. The minimum atomic E-state index is -0.502. The van der Waals surface area contributed by atoms with Crippen molar-refractivity contribution in [2.24, 2.45) is 5.92 Å². The summed E-state index contributed by atoms with van der Waals surface area (Å²) >= 11 is 0. The van der Waals surface area contributed by atoms with E-state index >= 15 is 0 Å². The summed E-state index contributed by atoms with van der Waals surface area (Å²) in [6.07, 6.45) is 5.04. The van der Waals surface area contributed by atoms with Crippen molar-refractivity contribution in [2.45, 2.75) is 39.0 Å². The molecular weight excluding hydrogens is 156 g/mol. The molecule has 1 aliphatic carbocycles. The molecule has 1 fully saturated rings. The molecule has 0 aromatic carbocycles. The van der Waals surface area contributed by atoms with Crippen molar-refractivity contribution in [1.82, 2.24) is 0 Å². The number of hydrogen-bond donors (Lipinski definition) is 0. The minimum Gasteiger partial charge on any atom is -0.393 e. The second kappa shape index (κ2) is 4.24. The summed E-state index contributed by atoms with van der Waals surface area (Å²) in [5.74, 6) is -0.413. The molecule has 3 nitrogen and oxygen atoms in total. The average molecular weight is 170 g/mol. The lowest BCUT2D eigenvalue weighted by Crippen LogP contribution is -2.12. The summed E-state index contributed by atoms with van der Waals surface area (Å²) in [5, 5.41) is 0. The van der Waals surface area contributed by atoms with Gasteiger partial charge in [0.05, 0.1) is 0 Å². The normalized spacial score (nSPS) is 17.8. The van der Waals surface area contributed by atoms with Crippen molar-refractivity contribution in [3.63, 3.8) is 0 Å². The van der Waals surface area contributed by atoms with E-state index in [4.69, 9.17) is 0 Å². The number of rotatable bonds is 2. The zero-order chi connectivity index (χ0) is 8.97. The quantitative estimate of drug-likeness (QED) is 0.467. The lowest BCUT2D eigenvalue weighted by molar-refractivity contribution is -0.158. The predicted octanol–water partition coefficient (Wildman–Crippen LogP) is 1.66. The van der Waals surface area contributed by atoms with Gasteiger partial charge in [-0.2, -0.15) is 0 Å². The van der Waals surface area contributed by atoms with E-state index in [1.807, 2.05) is 0 Å². The molecule has 0 saturated heterocycles. The molecule has 0 aliphatic heterocycles. The van der Waals surface area contributed by atoms with Gasteiger partial charge in [-0.25, -0.2) is 0 Å². The van der Waals surface area contributed by atoms with Crippen LogP contribution in [0.1, 0.15) is 39.0 Å². The third-order valence-electron chi connectivity index (χ3n) is 2.19. The summed E-state index contributed by atoms with van der Waals surface area (Å²) in [6.45, 7) is 1.26. The largest absolute Gasteiger partial charge is 0.393 e.